The van der Waals surface area contributed by atoms with Crippen molar-refractivity contribution < 1.29 is 9.53 Å². The van der Waals surface area contributed by atoms with E-state index in [0.29, 0.717) is 5.56 Å². The van der Waals surface area contributed by atoms with E-state index in [-0.39, 0.29) is 5.97 Å². The van der Waals surface area contributed by atoms with Gasteiger partial charge >= 0.3 is 5.97 Å². The molecule has 23 heavy (non-hydrogen) atoms. The van der Waals surface area contributed by atoms with Crippen molar-refractivity contribution in [3.05, 3.63) is 53.1 Å². The van der Waals surface area contributed by atoms with Crippen molar-refractivity contribution in [1.29, 1.82) is 5.26 Å². The standard InChI is InChI=1S/C20H21NO2/c1-13-8-16-7-6-15(10-17(16)11-18(13)12-21)14(2)9-19(22)23-20(3,4)5/h6-11H,1-5H3/b14-9+. The predicted molar refractivity (Wildman–Crippen MR) is 92.9 cm³/mol. The van der Waals surface area contributed by atoms with Crippen LogP contribution in [0.3, 0.4) is 0 Å². The number of nitriles is 1. The maximum Gasteiger partial charge on any atom is 0.331 e. The molecule has 0 aromatic heterocycles. The molecule has 2 aromatic carbocycles. The summed E-state index contributed by atoms with van der Waals surface area (Å²) in [6.07, 6.45) is 1.51. The minimum absolute atomic E-state index is 0.350. The molecule has 0 radical (unpaired) electrons. The number of allylic oxidation sites excluding steroid dienone is 1. The lowest BCUT2D eigenvalue weighted by molar-refractivity contribution is -0.148. The fourth-order valence-corrected chi connectivity index (χ4v) is 2.37. The fourth-order valence-electron chi connectivity index (χ4n) is 2.37. The van der Waals surface area contributed by atoms with Crippen LogP contribution in [0.5, 0.6) is 0 Å². The van der Waals surface area contributed by atoms with Crippen LogP contribution in [0.25, 0.3) is 16.3 Å². The second kappa shape index (κ2) is 6.26. The van der Waals surface area contributed by atoms with Gasteiger partial charge in [0, 0.05) is 6.08 Å². The molecule has 118 valence electrons. The van der Waals surface area contributed by atoms with Gasteiger partial charge in [-0.3, -0.25) is 0 Å². The van der Waals surface area contributed by atoms with Crippen molar-refractivity contribution in [2.75, 3.05) is 0 Å². The zero-order valence-corrected chi connectivity index (χ0v) is 14.2. The molecule has 0 saturated carbocycles. The Morgan fingerprint density at radius 2 is 1.87 bits per heavy atom. The summed E-state index contributed by atoms with van der Waals surface area (Å²) in [7, 11) is 0. The Morgan fingerprint density at radius 3 is 2.48 bits per heavy atom. The summed E-state index contributed by atoms with van der Waals surface area (Å²) >= 11 is 0. The highest BCUT2D eigenvalue weighted by Crippen LogP contribution is 2.24. The Kier molecular flexibility index (Phi) is 4.56. The molecule has 0 spiro atoms. The van der Waals surface area contributed by atoms with Crippen molar-refractivity contribution in [3.63, 3.8) is 0 Å². The average Bonchev–Trinajstić information content (AvgIpc) is 2.43. The SMILES string of the molecule is C/C(=C\C(=O)OC(C)(C)C)c1ccc2cc(C)c(C#N)cc2c1. The first-order chi connectivity index (χ1) is 10.7. The molecule has 2 rings (SSSR count). The molecule has 0 fully saturated rings. The lowest BCUT2D eigenvalue weighted by Crippen LogP contribution is -2.22. The van der Waals surface area contributed by atoms with Crippen LogP contribution in [-0.2, 0) is 9.53 Å². The molecular formula is C20H21NO2. The summed E-state index contributed by atoms with van der Waals surface area (Å²) in [5.74, 6) is -0.350. The molecule has 2 aromatic rings. The van der Waals surface area contributed by atoms with Crippen LogP contribution in [0.2, 0.25) is 0 Å². The van der Waals surface area contributed by atoms with Gasteiger partial charge in [0.15, 0.2) is 0 Å². The molecule has 0 atom stereocenters. The van der Waals surface area contributed by atoms with Gasteiger partial charge in [-0.25, -0.2) is 4.79 Å². The molecule has 3 heteroatoms. The fraction of sp³-hybridized carbons (Fsp3) is 0.300. The normalized spacial score (nSPS) is 12.1. The van der Waals surface area contributed by atoms with Gasteiger partial charge in [0.2, 0.25) is 0 Å². The number of hydrogen-bond acceptors (Lipinski definition) is 3. The molecule has 3 nitrogen and oxygen atoms in total. The zero-order valence-electron chi connectivity index (χ0n) is 14.2. The summed E-state index contributed by atoms with van der Waals surface area (Å²) in [6, 6.07) is 12.1. The number of benzene rings is 2. The number of ether oxygens (including phenoxy) is 1. The van der Waals surface area contributed by atoms with Gasteiger partial charge in [-0.15, -0.1) is 0 Å². The smallest absolute Gasteiger partial charge is 0.331 e. The highest BCUT2D eigenvalue weighted by Gasteiger charge is 2.15. The van der Waals surface area contributed by atoms with Crippen LogP contribution >= 0.6 is 0 Å². The van der Waals surface area contributed by atoms with E-state index in [4.69, 9.17) is 10.00 Å². The Labute approximate surface area is 137 Å². The highest BCUT2D eigenvalue weighted by atomic mass is 16.6. The van der Waals surface area contributed by atoms with Gasteiger partial charge in [0.25, 0.3) is 0 Å². The van der Waals surface area contributed by atoms with E-state index in [9.17, 15) is 4.79 Å². The van der Waals surface area contributed by atoms with Gasteiger partial charge < -0.3 is 4.74 Å². The Balaban J connectivity index is 2.38. The van der Waals surface area contributed by atoms with Gasteiger partial charge in [-0.1, -0.05) is 18.2 Å². The number of hydrogen-bond donors (Lipinski definition) is 0. The predicted octanol–water partition coefficient (Wildman–Crippen LogP) is 4.76. The van der Waals surface area contributed by atoms with Crippen LogP contribution in [0.1, 0.15) is 44.4 Å². The number of carbonyl (C=O) groups is 1. The molecule has 0 amide bonds. The van der Waals surface area contributed by atoms with Crippen LogP contribution in [0.15, 0.2) is 36.4 Å². The molecule has 0 aliphatic rings. The summed E-state index contributed by atoms with van der Waals surface area (Å²) < 4.78 is 5.31. The average molecular weight is 307 g/mol. The minimum atomic E-state index is -0.504. The van der Waals surface area contributed by atoms with Crippen LogP contribution in [0, 0.1) is 18.3 Å². The van der Waals surface area contributed by atoms with E-state index in [1.54, 1.807) is 0 Å². The third kappa shape index (κ3) is 4.20. The highest BCUT2D eigenvalue weighted by molar-refractivity contribution is 5.93. The first-order valence-electron chi connectivity index (χ1n) is 7.56. The molecule has 0 bridgehead atoms. The second-order valence-corrected chi connectivity index (χ2v) is 6.70. The van der Waals surface area contributed by atoms with Gasteiger partial charge in [-0.2, -0.15) is 5.26 Å². The topological polar surface area (TPSA) is 50.1 Å². The summed E-state index contributed by atoms with van der Waals surface area (Å²) in [5.41, 5.74) is 2.91. The van der Waals surface area contributed by atoms with E-state index < -0.39 is 5.60 Å². The Morgan fingerprint density at radius 1 is 1.17 bits per heavy atom. The third-order valence-electron chi connectivity index (χ3n) is 3.50. The molecule has 0 aliphatic carbocycles. The van der Waals surface area contributed by atoms with Crippen molar-refractivity contribution in [2.24, 2.45) is 0 Å². The molecule has 0 heterocycles. The molecule has 0 unspecified atom stereocenters. The van der Waals surface area contributed by atoms with E-state index in [2.05, 4.69) is 6.07 Å². The van der Waals surface area contributed by atoms with Crippen molar-refractivity contribution in [2.45, 2.75) is 40.2 Å². The number of rotatable bonds is 2. The number of carbonyl (C=O) groups excluding carboxylic acids is 1. The van der Waals surface area contributed by atoms with E-state index in [0.717, 1.165) is 27.5 Å². The summed E-state index contributed by atoms with van der Waals surface area (Å²) in [6.45, 7) is 9.34. The Bertz CT molecular complexity index is 833. The van der Waals surface area contributed by atoms with E-state index in [1.807, 2.05) is 65.0 Å². The molecule has 0 aliphatic heterocycles. The first kappa shape index (κ1) is 16.8. The second-order valence-electron chi connectivity index (χ2n) is 6.70. The zero-order chi connectivity index (χ0) is 17.2. The first-order valence-corrected chi connectivity index (χ1v) is 7.56. The van der Waals surface area contributed by atoms with Crippen molar-refractivity contribution >= 4 is 22.3 Å². The summed E-state index contributed by atoms with van der Waals surface area (Å²) in [5, 5.41) is 11.2. The maximum absolute atomic E-state index is 11.9. The quantitative estimate of drug-likeness (QED) is 0.593. The maximum atomic E-state index is 11.9. The van der Waals surface area contributed by atoms with Crippen LogP contribution in [0.4, 0.5) is 0 Å². The lowest BCUT2D eigenvalue weighted by atomic mass is 9.98. The molecule has 0 N–H and O–H groups in total. The van der Waals surface area contributed by atoms with Crippen molar-refractivity contribution in [3.8, 4) is 6.07 Å². The number of aryl methyl sites for hydroxylation is 1. The number of fused-ring (bicyclic) bond motifs is 1. The van der Waals surface area contributed by atoms with Crippen LogP contribution in [-0.4, -0.2) is 11.6 Å². The van der Waals surface area contributed by atoms with E-state index >= 15 is 0 Å². The number of nitrogens with zero attached hydrogens (tertiary/aromatic N) is 1. The Hall–Kier alpha value is -2.60. The van der Waals surface area contributed by atoms with Crippen LogP contribution < -0.4 is 0 Å². The van der Waals surface area contributed by atoms with Gasteiger partial charge in [-0.05, 0) is 74.2 Å². The summed E-state index contributed by atoms with van der Waals surface area (Å²) in [4.78, 5) is 11.9. The lowest BCUT2D eigenvalue weighted by Gasteiger charge is -2.18. The minimum Gasteiger partial charge on any atom is -0.457 e. The van der Waals surface area contributed by atoms with Crippen molar-refractivity contribution in [1.82, 2.24) is 0 Å². The van der Waals surface area contributed by atoms with E-state index in [1.165, 1.54) is 6.08 Å². The molecular weight excluding hydrogens is 286 g/mol. The third-order valence-corrected chi connectivity index (χ3v) is 3.50. The molecule has 0 saturated heterocycles. The number of esters is 1. The monoisotopic (exact) mass is 307 g/mol. The van der Waals surface area contributed by atoms with Gasteiger partial charge in [0.05, 0.1) is 11.6 Å². The largest absolute Gasteiger partial charge is 0.457 e. The van der Waals surface area contributed by atoms with Gasteiger partial charge in [0.1, 0.15) is 5.60 Å².